The minimum absolute atomic E-state index is 0.439. The zero-order valence-electron chi connectivity index (χ0n) is 14.7. The second-order valence-corrected chi connectivity index (χ2v) is 5.60. The van der Waals surface area contributed by atoms with Crippen molar-refractivity contribution in [2.75, 3.05) is 27.9 Å². The van der Waals surface area contributed by atoms with Crippen molar-refractivity contribution in [2.45, 2.75) is 64.3 Å². The van der Waals surface area contributed by atoms with E-state index in [-0.39, 0.29) is 0 Å². The Labute approximate surface area is 135 Å². The van der Waals surface area contributed by atoms with Gasteiger partial charge < -0.3 is 25.3 Å². The number of methoxy groups -OCH3 is 3. The van der Waals surface area contributed by atoms with E-state index in [1.807, 2.05) is 0 Å². The normalized spacial score (nSPS) is 13.1. The number of hydrogen-bond acceptors (Lipinski definition) is 4. The van der Waals surface area contributed by atoms with E-state index in [9.17, 15) is 4.79 Å². The Morgan fingerprint density at radius 2 is 1.64 bits per heavy atom. The predicted molar refractivity (Wildman–Crippen MR) is 87.4 cm³/mol. The van der Waals surface area contributed by atoms with Gasteiger partial charge in [-0.1, -0.05) is 32.6 Å². The second-order valence-electron chi connectivity index (χ2n) is 5.60. The first kappa shape index (κ1) is 21.1. The van der Waals surface area contributed by atoms with E-state index in [0.29, 0.717) is 12.5 Å². The quantitative estimate of drug-likeness (QED) is 0.381. The van der Waals surface area contributed by atoms with Crippen molar-refractivity contribution in [3.05, 3.63) is 0 Å². The molecular weight excluding hydrogens is 284 g/mol. The van der Waals surface area contributed by atoms with Crippen LogP contribution in [0.2, 0.25) is 0 Å². The fourth-order valence-corrected chi connectivity index (χ4v) is 2.66. The third kappa shape index (κ3) is 9.23. The molecule has 1 atom stereocenters. The van der Waals surface area contributed by atoms with Crippen LogP contribution in [0.25, 0.3) is 0 Å². The molecule has 0 aliphatic heterocycles. The first-order valence-corrected chi connectivity index (χ1v) is 8.22. The number of amides is 2. The lowest BCUT2D eigenvalue weighted by molar-refractivity contribution is -0.355. The first-order valence-electron chi connectivity index (χ1n) is 8.22. The highest BCUT2D eigenvalue weighted by Gasteiger charge is 2.28. The minimum Gasteiger partial charge on any atom is -0.352 e. The van der Waals surface area contributed by atoms with Gasteiger partial charge in [0.2, 0.25) is 0 Å². The van der Waals surface area contributed by atoms with Crippen molar-refractivity contribution in [1.29, 1.82) is 0 Å². The van der Waals surface area contributed by atoms with Crippen LogP contribution in [0.15, 0.2) is 0 Å². The van der Waals surface area contributed by atoms with E-state index in [1.54, 1.807) is 21.3 Å². The first-order chi connectivity index (χ1) is 10.5. The molecule has 0 aromatic rings. The number of hydrogen-bond donors (Lipinski definition) is 2. The summed E-state index contributed by atoms with van der Waals surface area (Å²) in [5, 5.41) is 2.63. The number of nitrogens with two attached hydrogens (primary N) is 1. The maximum Gasteiger partial charge on any atom is 0.312 e. The van der Waals surface area contributed by atoms with E-state index in [4.69, 9.17) is 19.9 Å². The fourth-order valence-electron chi connectivity index (χ4n) is 2.66. The van der Waals surface area contributed by atoms with Crippen LogP contribution in [-0.2, 0) is 14.2 Å². The van der Waals surface area contributed by atoms with E-state index < -0.39 is 12.0 Å². The fraction of sp³-hybridized carbons (Fsp3) is 0.938. The molecule has 6 nitrogen and oxygen atoms in total. The Balaban J connectivity index is 3.76. The summed E-state index contributed by atoms with van der Waals surface area (Å²) < 4.78 is 15.8. The minimum atomic E-state index is -0.898. The molecule has 0 fully saturated rings. The predicted octanol–water partition coefficient (Wildman–Crippen LogP) is 3.00. The van der Waals surface area contributed by atoms with Crippen LogP contribution in [-0.4, -0.2) is 39.9 Å². The summed E-state index contributed by atoms with van der Waals surface area (Å²) in [6, 6.07) is -0.439. The van der Waals surface area contributed by atoms with Crippen molar-refractivity contribution in [3.8, 4) is 0 Å². The molecule has 3 N–H and O–H groups in total. The van der Waals surface area contributed by atoms with Gasteiger partial charge in [0.1, 0.15) is 0 Å². The molecule has 2 amide bonds. The number of unbranched alkanes of at least 4 members (excludes halogenated alkanes) is 2. The molecule has 0 bridgehead atoms. The number of rotatable bonds is 14. The van der Waals surface area contributed by atoms with Crippen molar-refractivity contribution < 1.29 is 19.0 Å². The summed E-state index contributed by atoms with van der Waals surface area (Å²) in [6.07, 6.45) is 8.58. The van der Waals surface area contributed by atoms with Gasteiger partial charge in [0.05, 0.1) is 0 Å². The number of primary amides is 1. The molecule has 0 aliphatic carbocycles. The van der Waals surface area contributed by atoms with E-state index >= 15 is 0 Å². The van der Waals surface area contributed by atoms with Gasteiger partial charge >= 0.3 is 6.03 Å². The summed E-state index contributed by atoms with van der Waals surface area (Å²) in [4.78, 5) is 10.6. The summed E-state index contributed by atoms with van der Waals surface area (Å²) in [5.41, 5.74) is 5.04. The second kappa shape index (κ2) is 12.7. The lowest BCUT2D eigenvalue weighted by atomic mass is 9.93. The Morgan fingerprint density at radius 1 is 1.05 bits per heavy atom. The van der Waals surface area contributed by atoms with Crippen LogP contribution in [0.4, 0.5) is 4.79 Å². The van der Waals surface area contributed by atoms with Gasteiger partial charge in [-0.05, 0) is 25.2 Å². The maximum atomic E-state index is 10.6. The van der Waals surface area contributed by atoms with E-state index in [0.717, 1.165) is 32.1 Å². The Morgan fingerprint density at radius 3 is 2.14 bits per heavy atom. The zero-order valence-corrected chi connectivity index (χ0v) is 14.7. The third-order valence-electron chi connectivity index (χ3n) is 4.19. The van der Waals surface area contributed by atoms with Gasteiger partial charge in [0.15, 0.2) is 0 Å². The Bertz CT molecular complexity index is 275. The number of carbonyl (C=O) groups is 1. The average molecular weight is 318 g/mol. The lowest BCUT2D eigenvalue weighted by Crippen LogP contribution is -2.35. The van der Waals surface area contributed by atoms with Crippen molar-refractivity contribution >= 4 is 6.03 Å². The van der Waals surface area contributed by atoms with Crippen LogP contribution < -0.4 is 11.1 Å². The molecule has 0 spiro atoms. The highest BCUT2D eigenvalue weighted by atomic mass is 16.9. The molecule has 0 saturated carbocycles. The van der Waals surface area contributed by atoms with Crippen LogP contribution in [0.3, 0.4) is 0 Å². The van der Waals surface area contributed by atoms with Gasteiger partial charge in [-0.2, -0.15) is 0 Å². The number of carbonyl (C=O) groups excluding carboxylic acids is 1. The smallest absolute Gasteiger partial charge is 0.312 e. The SMILES string of the molecule is CCC(CCCCCC(OC)(OC)OC)CCCNC(N)=O. The van der Waals surface area contributed by atoms with Crippen molar-refractivity contribution in [2.24, 2.45) is 11.7 Å². The molecule has 0 aromatic carbocycles. The molecule has 0 radical (unpaired) electrons. The zero-order chi connectivity index (χ0) is 16.8. The number of ether oxygens (including phenoxy) is 3. The topological polar surface area (TPSA) is 82.8 Å². The van der Waals surface area contributed by atoms with Crippen molar-refractivity contribution in [3.63, 3.8) is 0 Å². The summed E-state index contributed by atoms with van der Waals surface area (Å²) >= 11 is 0. The maximum absolute atomic E-state index is 10.6. The lowest BCUT2D eigenvalue weighted by Gasteiger charge is -2.28. The highest BCUT2D eigenvalue weighted by molar-refractivity contribution is 5.71. The molecule has 22 heavy (non-hydrogen) atoms. The molecule has 0 aromatic heterocycles. The number of nitrogens with one attached hydrogen (secondary N) is 1. The third-order valence-corrected chi connectivity index (χ3v) is 4.19. The summed E-state index contributed by atoms with van der Waals surface area (Å²) in [6.45, 7) is 2.89. The largest absolute Gasteiger partial charge is 0.352 e. The summed E-state index contributed by atoms with van der Waals surface area (Å²) in [7, 11) is 4.79. The monoisotopic (exact) mass is 318 g/mol. The molecular formula is C16H34N2O4. The number of urea groups is 1. The average Bonchev–Trinajstić information content (AvgIpc) is 2.53. The Kier molecular flexibility index (Phi) is 12.2. The van der Waals surface area contributed by atoms with Crippen LogP contribution in [0, 0.1) is 5.92 Å². The van der Waals surface area contributed by atoms with Gasteiger partial charge in [0, 0.05) is 34.3 Å². The molecule has 0 saturated heterocycles. The van der Waals surface area contributed by atoms with Crippen LogP contribution in [0.5, 0.6) is 0 Å². The molecule has 0 aliphatic rings. The van der Waals surface area contributed by atoms with Crippen LogP contribution >= 0.6 is 0 Å². The van der Waals surface area contributed by atoms with E-state index in [2.05, 4.69) is 12.2 Å². The molecule has 6 heteroatoms. The molecule has 0 heterocycles. The van der Waals surface area contributed by atoms with Gasteiger partial charge in [-0.3, -0.25) is 0 Å². The van der Waals surface area contributed by atoms with Gasteiger partial charge in [-0.15, -0.1) is 0 Å². The van der Waals surface area contributed by atoms with Gasteiger partial charge in [0.25, 0.3) is 5.97 Å². The van der Waals surface area contributed by atoms with Crippen LogP contribution in [0.1, 0.15) is 58.3 Å². The molecule has 0 rings (SSSR count). The van der Waals surface area contributed by atoms with Crippen molar-refractivity contribution in [1.82, 2.24) is 5.32 Å². The molecule has 132 valence electrons. The molecule has 1 unspecified atom stereocenters. The van der Waals surface area contributed by atoms with E-state index in [1.165, 1.54) is 19.3 Å². The van der Waals surface area contributed by atoms with Gasteiger partial charge in [-0.25, -0.2) is 4.79 Å². The Hall–Kier alpha value is -0.850. The highest BCUT2D eigenvalue weighted by Crippen LogP contribution is 2.23. The summed E-state index contributed by atoms with van der Waals surface area (Å²) in [5.74, 6) is -0.184. The standard InChI is InChI=1S/C16H34N2O4/c1-5-14(11-9-13-18-15(17)19)10-7-6-8-12-16(20-2,21-3)22-4/h14H,5-13H2,1-4H3,(H3,17,18,19).